The maximum absolute atomic E-state index is 12.0. The van der Waals surface area contributed by atoms with Crippen molar-refractivity contribution in [3.05, 3.63) is 23.8 Å². The van der Waals surface area contributed by atoms with Crippen molar-refractivity contribution < 1.29 is 19.1 Å². The van der Waals surface area contributed by atoms with Crippen molar-refractivity contribution in [1.29, 1.82) is 0 Å². The molecule has 1 unspecified atom stereocenters. The fourth-order valence-corrected chi connectivity index (χ4v) is 2.36. The molecular weight excluding hydrogens is 298 g/mol. The van der Waals surface area contributed by atoms with Gasteiger partial charge in [-0.25, -0.2) is 0 Å². The Morgan fingerprint density at radius 2 is 1.87 bits per heavy atom. The summed E-state index contributed by atoms with van der Waals surface area (Å²) in [6.07, 6.45) is 0. The topological polar surface area (TPSA) is 103 Å². The lowest BCUT2D eigenvalue weighted by molar-refractivity contribution is -0.126. The molecule has 4 N–H and O–H groups in total. The molecule has 0 saturated heterocycles. The lowest BCUT2D eigenvalue weighted by Crippen LogP contribution is -2.41. The van der Waals surface area contributed by atoms with Crippen LogP contribution in [0.5, 0.6) is 11.5 Å². The van der Waals surface area contributed by atoms with Gasteiger partial charge in [0, 0.05) is 0 Å². The Morgan fingerprint density at radius 3 is 2.52 bits per heavy atom. The van der Waals surface area contributed by atoms with E-state index in [-0.39, 0.29) is 36.9 Å². The molecule has 1 aliphatic heterocycles. The predicted octanol–water partition coefficient (Wildman–Crippen LogP) is 0.346. The van der Waals surface area contributed by atoms with Crippen LogP contribution < -0.4 is 25.8 Å². The summed E-state index contributed by atoms with van der Waals surface area (Å²) >= 11 is 0. The summed E-state index contributed by atoms with van der Waals surface area (Å²) in [6, 6.07) is 5.46. The number of benzene rings is 1. The van der Waals surface area contributed by atoms with Crippen LogP contribution in [0.25, 0.3) is 0 Å². The highest BCUT2D eigenvalue weighted by Crippen LogP contribution is 2.34. The molecule has 0 saturated carbocycles. The second-order valence-electron chi connectivity index (χ2n) is 5.67. The van der Waals surface area contributed by atoms with Crippen LogP contribution in [-0.4, -0.2) is 38.1 Å². The van der Waals surface area contributed by atoms with E-state index in [0.29, 0.717) is 24.7 Å². The number of hydrogen-bond acceptors (Lipinski definition) is 5. The first-order chi connectivity index (χ1) is 11.0. The third-order valence-electron chi connectivity index (χ3n) is 3.54. The van der Waals surface area contributed by atoms with Gasteiger partial charge in [-0.2, -0.15) is 0 Å². The molecule has 2 rings (SSSR count). The molecule has 0 aliphatic carbocycles. The third kappa shape index (κ3) is 4.59. The van der Waals surface area contributed by atoms with Crippen molar-refractivity contribution in [3.8, 4) is 11.5 Å². The standard InChI is InChI=1S/C16H23N3O4/c1-10(2)16(19-15(21)9-18-14(20)8-17)11-3-4-12-13(7-11)23-6-5-22-12/h3-4,7,10,16H,5-6,8-9,17H2,1-2H3,(H,18,20)(H,19,21). The number of carbonyl (C=O) groups excluding carboxylic acids is 2. The molecule has 126 valence electrons. The number of nitrogens with one attached hydrogen (secondary N) is 2. The molecule has 2 amide bonds. The smallest absolute Gasteiger partial charge is 0.239 e. The average Bonchev–Trinajstić information content (AvgIpc) is 2.56. The molecule has 7 nitrogen and oxygen atoms in total. The molecule has 0 radical (unpaired) electrons. The molecule has 1 aromatic carbocycles. The average molecular weight is 321 g/mol. The number of rotatable bonds is 6. The molecule has 7 heteroatoms. The van der Waals surface area contributed by atoms with Gasteiger partial charge in [-0.05, 0) is 23.6 Å². The van der Waals surface area contributed by atoms with E-state index >= 15 is 0 Å². The van der Waals surface area contributed by atoms with Crippen LogP contribution in [-0.2, 0) is 9.59 Å². The molecule has 0 bridgehead atoms. The van der Waals surface area contributed by atoms with Gasteiger partial charge < -0.3 is 25.8 Å². The SMILES string of the molecule is CC(C)C(NC(=O)CNC(=O)CN)c1ccc2c(c1)OCCO2. The summed E-state index contributed by atoms with van der Waals surface area (Å²) in [5, 5.41) is 5.39. The Balaban J connectivity index is 2.06. The van der Waals surface area contributed by atoms with Crippen molar-refractivity contribution >= 4 is 11.8 Å². The van der Waals surface area contributed by atoms with Crippen molar-refractivity contribution in [3.63, 3.8) is 0 Å². The minimum atomic E-state index is -0.361. The molecule has 1 aliphatic rings. The highest BCUT2D eigenvalue weighted by atomic mass is 16.6. The van der Waals surface area contributed by atoms with Crippen LogP contribution in [0.2, 0.25) is 0 Å². The van der Waals surface area contributed by atoms with Gasteiger partial charge in [0.25, 0.3) is 0 Å². The second kappa shape index (κ2) is 7.82. The third-order valence-corrected chi connectivity index (χ3v) is 3.54. The van der Waals surface area contributed by atoms with E-state index in [1.165, 1.54) is 0 Å². The van der Waals surface area contributed by atoms with E-state index in [4.69, 9.17) is 15.2 Å². The number of ether oxygens (including phenoxy) is 2. The van der Waals surface area contributed by atoms with E-state index in [2.05, 4.69) is 10.6 Å². The molecule has 1 aromatic rings. The largest absolute Gasteiger partial charge is 0.486 e. The first-order valence-corrected chi connectivity index (χ1v) is 7.67. The summed E-state index contributed by atoms with van der Waals surface area (Å²) in [5.74, 6) is 0.946. The van der Waals surface area contributed by atoms with Gasteiger partial charge >= 0.3 is 0 Å². The van der Waals surface area contributed by atoms with Crippen LogP contribution in [0.1, 0.15) is 25.5 Å². The van der Waals surface area contributed by atoms with E-state index in [0.717, 1.165) is 5.56 Å². The monoisotopic (exact) mass is 321 g/mol. The Labute approximate surface area is 135 Å². The normalized spacial score (nSPS) is 14.3. The van der Waals surface area contributed by atoms with Crippen LogP contribution in [0, 0.1) is 5.92 Å². The lowest BCUT2D eigenvalue weighted by Gasteiger charge is -2.25. The second-order valence-corrected chi connectivity index (χ2v) is 5.67. The number of hydrogen-bond donors (Lipinski definition) is 3. The van der Waals surface area contributed by atoms with Gasteiger partial charge in [-0.3, -0.25) is 9.59 Å². The van der Waals surface area contributed by atoms with Crippen molar-refractivity contribution in [2.24, 2.45) is 11.7 Å². The van der Waals surface area contributed by atoms with Gasteiger partial charge in [0.05, 0.1) is 19.1 Å². The maximum atomic E-state index is 12.0. The summed E-state index contributed by atoms with van der Waals surface area (Å²) in [7, 11) is 0. The molecule has 1 heterocycles. The Morgan fingerprint density at radius 1 is 1.17 bits per heavy atom. The maximum Gasteiger partial charge on any atom is 0.239 e. The molecule has 1 atom stereocenters. The minimum Gasteiger partial charge on any atom is -0.486 e. The van der Waals surface area contributed by atoms with Crippen LogP contribution in [0.3, 0.4) is 0 Å². The highest BCUT2D eigenvalue weighted by molar-refractivity contribution is 5.85. The number of amides is 2. The van der Waals surface area contributed by atoms with E-state index in [9.17, 15) is 9.59 Å². The van der Waals surface area contributed by atoms with Gasteiger partial charge in [-0.1, -0.05) is 19.9 Å². The molecule has 23 heavy (non-hydrogen) atoms. The summed E-state index contributed by atoms with van der Waals surface area (Å²) < 4.78 is 11.1. The predicted molar refractivity (Wildman–Crippen MR) is 85.2 cm³/mol. The van der Waals surface area contributed by atoms with Crippen LogP contribution in [0.4, 0.5) is 0 Å². The summed E-state index contributed by atoms with van der Waals surface area (Å²) in [4.78, 5) is 23.1. The zero-order chi connectivity index (χ0) is 16.8. The van der Waals surface area contributed by atoms with E-state index in [1.54, 1.807) is 0 Å². The fourth-order valence-electron chi connectivity index (χ4n) is 2.36. The van der Waals surface area contributed by atoms with Gasteiger partial charge in [0.15, 0.2) is 11.5 Å². The van der Waals surface area contributed by atoms with Gasteiger partial charge in [0.1, 0.15) is 13.2 Å². The van der Waals surface area contributed by atoms with E-state index < -0.39 is 0 Å². The Hall–Kier alpha value is -2.28. The molecule has 0 spiro atoms. The molecule has 0 fully saturated rings. The number of fused-ring (bicyclic) bond motifs is 1. The summed E-state index contributed by atoms with van der Waals surface area (Å²) in [6.45, 7) is 4.85. The van der Waals surface area contributed by atoms with Crippen molar-refractivity contribution in [1.82, 2.24) is 10.6 Å². The van der Waals surface area contributed by atoms with Crippen molar-refractivity contribution in [2.75, 3.05) is 26.3 Å². The van der Waals surface area contributed by atoms with Gasteiger partial charge in [0.2, 0.25) is 11.8 Å². The number of carbonyl (C=O) groups is 2. The quantitative estimate of drug-likeness (QED) is 0.701. The zero-order valence-corrected chi connectivity index (χ0v) is 13.4. The van der Waals surface area contributed by atoms with Crippen LogP contribution in [0.15, 0.2) is 18.2 Å². The highest BCUT2D eigenvalue weighted by Gasteiger charge is 2.21. The molecular formula is C16H23N3O4. The van der Waals surface area contributed by atoms with E-state index in [1.807, 2.05) is 32.0 Å². The molecule has 0 aromatic heterocycles. The van der Waals surface area contributed by atoms with Crippen molar-refractivity contribution in [2.45, 2.75) is 19.9 Å². The Kier molecular flexibility index (Phi) is 5.81. The summed E-state index contributed by atoms with van der Waals surface area (Å²) in [5.41, 5.74) is 6.13. The minimum absolute atomic E-state index is 0.0934. The lowest BCUT2D eigenvalue weighted by atomic mass is 9.95. The van der Waals surface area contributed by atoms with Crippen LogP contribution >= 0.6 is 0 Å². The zero-order valence-electron chi connectivity index (χ0n) is 13.4. The van der Waals surface area contributed by atoms with Gasteiger partial charge in [-0.15, -0.1) is 0 Å². The number of nitrogens with two attached hydrogens (primary N) is 1. The first-order valence-electron chi connectivity index (χ1n) is 7.67. The first kappa shape index (κ1) is 17.1. The Bertz CT molecular complexity index is 574. The fraction of sp³-hybridized carbons (Fsp3) is 0.500.